The van der Waals surface area contributed by atoms with Crippen LogP contribution in [-0.2, 0) is 11.3 Å². The monoisotopic (exact) mass is 376 g/mol. The number of ether oxygens (including phenoxy) is 1. The van der Waals surface area contributed by atoms with E-state index >= 15 is 0 Å². The molecule has 0 saturated carbocycles. The summed E-state index contributed by atoms with van der Waals surface area (Å²) in [5.74, 6) is 0. The van der Waals surface area contributed by atoms with Gasteiger partial charge in [-0.3, -0.25) is 0 Å². The van der Waals surface area contributed by atoms with Gasteiger partial charge in [0.05, 0.1) is 0 Å². The Balaban J connectivity index is 1.53. The molecule has 28 heavy (non-hydrogen) atoms. The number of nitrogens with one attached hydrogen (secondary N) is 2. The predicted octanol–water partition coefficient (Wildman–Crippen LogP) is 4.71. The summed E-state index contributed by atoms with van der Waals surface area (Å²) in [6.45, 7) is 6.73. The van der Waals surface area contributed by atoms with Crippen molar-refractivity contribution in [2.24, 2.45) is 0 Å². The van der Waals surface area contributed by atoms with Gasteiger partial charge in [-0.05, 0) is 44.5 Å². The average Bonchev–Trinajstić information content (AvgIpc) is 3.24. The molecule has 0 aliphatic rings. The zero-order valence-electron chi connectivity index (χ0n) is 16.3. The van der Waals surface area contributed by atoms with Crippen LogP contribution in [0.5, 0.6) is 0 Å². The zero-order chi connectivity index (χ0) is 19.7. The fourth-order valence-corrected chi connectivity index (χ4v) is 3.35. The molecule has 0 saturated heterocycles. The molecule has 144 valence electrons. The van der Waals surface area contributed by atoms with Crippen molar-refractivity contribution >= 4 is 28.0 Å². The Hall–Kier alpha value is -3.28. The molecule has 3 aromatic heterocycles. The summed E-state index contributed by atoms with van der Waals surface area (Å²) in [7, 11) is 0. The van der Waals surface area contributed by atoms with Crippen molar-refractivity contribution in [3.63, 3.8) is 0 Å². The molecular formula is C22H24N4O2. The maximum Gasteiger partial charge on any atom is 0.407 e. The first-order valence-electron chi connectivity index (χ1n) is 9.39. The number of aromatic amines is 1. The molecule has 0 unspecified atom stereocenters. The lowest BCUT2D eigenvalue weighted by Gasteiger charge is -2.19. The van der Waals surface area contributed by atoms with Crippen LogP contribution >= 0.6 is 0 Å². The van der Waals surface area contributed by atoms with Crippen molar-refractivity contribution in [2.45, 2.75) is 32.9 Å². The standard InChI is InChI=1S/C22H24N4O2/c1-22(2,3)28-21(27)24-11-13-26-12-9-15(14-26)16-8-10-23-20-19(16)17-6-4-5-7-18(17)25-20/h4-10,12,14H,11,13H2,1-3H3,(H,23,25)(H,24,27). The number of para-hydroxylation sites is 1. The summed E-state index contributed by atoms with van der Waals surface area (Å²) in [5, 5.41) is 5.08. The number of amides is 1. The second kappa shape index (κ2) is 7.03. The van der Waals surface area contributed by atoms with E-state index in [1.807, 2.05) is 51.4 Å². The Bertz CT molecular complexity index is 1130. The normalized spacial score (nSPS) is 11.8. The minimum absolute atomic E-state index is 0.394. The summed E-state index contributed by atoms with van der Waals surface area (Å²) in [4.78, 5) is 19.6. The number of benzene rings is 1. The van der Waals surface area contributed by atoms with E-state index in [1.54, 1.807) is 0 Å². The highest BCUT2D eigenvalue weighted by atomic mass is 16.6. The number of H-pyrrole nitrogens is 1. The van der Waals surface area contributed by atoms with E-state index in [1.165, 1.54) is 5.39 Å². The smallest absolute Gasteiger partial charge is 0.407 e. The fourth-order valence-electron chi connectivity index (χ4n) is 3.35. The maximum atomic E-state index is 11.8. The molecule has 0 spiro atoms. The number of rotatable bonds is 4. The Kier molecular flexibility index (Phi) is 4.55. The van der Waals surface area contributed by atoms with Crippen molar-refractivity contribution in [1.29, 1.82) is 0 Å². The highest BCUT2D eigenvalue weighted by molar-refractivity contribution is 6.12. The Morgan fingerprint density at radius 3 is 2.86 bits per heavy atom. The number of hydrogen-bond donors (Lipinski definition) is 2. The van der Waals surface area contributed by atoms with Gasteiger partial charge in [-0.1, -0.05) is 18.2 Å². The Morgan fingerprint density at radius 1 is 1.21 bits per heavy atom. The van der Waals surface area contributed by atoms with Gasteiger partial charge in [-0.15, -0.1) is 0 Å². The molecule has 0 fully saturated rings. The largest absolute Gasteiger partial charge is 0.444 e. The Labute approximate surface area is 163 Å². The van der Waals surface area contributed by atoms with Gasteiger partial charge in [-0.2, -0.15) is 0 Å². The van der Waals surface area contributed by atoms with Gasteiger partial charge in [0, 0.05) is 53.5 Å². The van der Waals surface area contributed by atoms with Crippen LogP contribution in [-0.4, -0.2) is 32.8 Å². The average molecular weight is 376 g/mol. The summed E-state index contributed by atoms with van der Waals surface area (Å²) >= 11 is 0. The first-order valence-corrected chi connectivity index (χ1v) is 9.39. The molecule has 6 heteroatoms. The summed E-state index contributed by atoms with van der Waals surface area (Å²) in [6, 6.07) is 12.4. The zero-order valence-corrected chi connectivity index (χ0v) is 16.3. The number of alkyl carbamates (subject to hydrolysis) is 1. The maximum absolute atomic E-state index is 11.8. The quantitative estimate of drug-likeness (QED) is 0.542. The molecule has 3 heterocycles. The van der Waals surface area contributed by atoms with E-state index in [-0.39, 0.29) is 0 Å². The molecule has 6 nitrogen and oxygen atoms in total. The van der Waals surface area contributed by atoms with Crippen molar-refractivity contribution in [2.75, 3.05) is 6.54 Å². The van der Waals surface area contributed by atoms with Crippen LogP contribution in [0.4, 0.5) is 4.79 Å². The van der Waals surface area contributed by atoms with E-state index in [2.05, 4.69) is 44.2 Å². The summed E-state index contributed by atoms with van der Waals surface area (Å²) < 4.78 is 7.32. The van der Waals surface area contributed by atoms with Gasteiger partial charge in [0.15, 0.2) is 0 Å². The third kappa shape index (κ3) is 3.71. The van der Waals surface area contributed by atoms with Gasteiger partial charge >= 0.3 is 6.09 Å². The minimum Gasteiger partial charge on any atom is -0.444 e. The molecule has 1 aromatic carbocycles. The van der Waals surface area contributed by atoms with E-state index in [4.69, 9.17) is 4.74 Å². The SMILES string of the molecule is CC(C)(C)OC(=O)NCCn1ccc(-c2ccnc3[nH]c4ccccc4c23)c1. The van der Waals surface area contributed by atoms with Crippen LogP contribution in [0, 0.1) is 0 Å². The van der Waals surface area contributed by atoms with Crippen LogP contribution in [0.2, 0.25) is 0 Å². The lowest BCUT2D eigenvalue weighted by molar-refractivity contribution is 0.0526. The van der Waals surface area contributed by atoms with Crippen LogP contribution in [0.3, 0.4) is 0 Å². The van der Waals surface area contributed by atoms with Crippen molar-refractivity contribution in [3.8, 4) is 11.1 Å². The second-order valence-corrected chi connectivity index (χ2v) is 7.82. The predicted molar refractivity (Wildman–Crippen MR) is 111 cm³/mol. The number of nitrogens with zero attached hydrogens (tertiary/aromatic N) is 2. The fraction of sp³-hybridized carbons (Fsp3) is 0.273. The van der Waals surface area contributed by atoms with Gasteiger partial charge in [0.1, 0.15) is 11.2 Å². The van der Waals surface area contributed by atoms with Crippen molar-refractivity contribution in [1.82, 2.24) is 19.9 Å². The second-order valence-electron chi connectivity index (χ2n) is 7.82. The lowest BCUT2D eigenvalue weighted by atomic mass is 10.0. The van der Waals surface area contributed by atoms with E-state index < -0.39 is 11.7 Å². The van der Waals surface area contributed by atoms with E-state index in [0.29, 0.717) is 13.1 Å². The van der Waals surface area contributed by atoms with Crippen LogP contribution in [0.25, 0.3) is 33.1 Å². The van der Waals surface area contributed by atoms with Crippen LogP contribution in [0.15, 0.2) is 55.0 Å². The molecule has 1 amide bonds. The van der Waals surface area contributed by atoms with Crippen LogP contribution < -0.4 is 5.32 Å². The third-order valence-electron chi connectivity index (χ3n) is 4.50. The number of aromatic nitrogens is 3. The molecule has 0 aliphatic carbocycles. The van der Waals surface area contributed by atoms with Crippen molar-refractivity contribution < 1.29 is 9.53 Å². The van der Waals surface area contributed by atoms with Gasteiger partial charge in [0.2, 0.25) is 0 Å². The minimum atomic E-state index is -0.489. The van der Waals surface area contributed by atoms with Crippen LogP contribution in [0.1, 0.15) is 20.8 Å². The molecular weight excluding hydrogens is 352 g/mol. The number of carbonyl (C=O) groups excluding carboxylic acids is 1. The lowest BCUT2D eigenvalue weighted by Crippen LogP contribution is -2.34. The van der Waals surface area contributed by atoms with Gasteiger partial charge in [-0.25, -0.2) is 9.78 Å². The first kappa shape index (κ1) is 18.1. The molecule has 2 N–H and O–H groups in total. The highest BCUT2D eigenvalue weighted by Crippen LogP contribution is 2.33. The van der Waals surface area contributed by atoms with E-state index in [0.717, 1.165) is 27.7 Å². The Morgan fingerprint density at radius 2 is 2.04 bits per heavy atom. The topological polar surface area (TPSA) is 71.9 Å². The first-order chi connectivity index (χ1) is 13.4. The number of pyridine rings is 1. The summed E-state index contributed by atoms with van der Waals surface area (Å²) in [6.07, 6.45) is 5.55. The van der Waals surface area contributed by atoms with Crippen molar-refractivity contribution in [3.05, 3.63) is 55.0 Å². The van der Waals surface area contributed by atoms with Gasteiger partial charge < -0.3 is 19.6 Å². The molecule has 4 rings (SSSR count). The number of hydrogen-bond acceptors (Lipinski definition) is 3. The molecule has 4 aromatic rings. The molecule has 0 radical (unpaired) electrons. The summed E-state index contributed by atoms with van der Waals surface area (Å²) in [5.41, 5.74) is 3.74. The third-order valence-corrected chi connectivity index (χ3v) is 4.50. The number of carbonyl (C=O) groups is 1. The molecule has 0 bridgehead atoms. The molecule has 0 atom stereocenters. The van der Waals surface area contributed by atoms with E-state index in [9.17, 15) is 4.79 Å². The molecule has 0 aliphatic heterocycles. The number of fused-ring (bicyclic) bond motifs is 3. The highest BCUT2D eigenvalue weighted by Gasteiger charge is 2.15. The van der Waals surface area contributed by atoms with Gasteiger partial charge in [0.25, 0.3) is 0 Å².